The number of nitrogens with one attached hydrogen (secondary N) is 1. The van der Waals surface area contributed by atoms with Crippen LogP contribution in [0.1, 0.15) is 18.9 Å². The van der Waals surface area contributed by atoms with Crippen LogP contribution in [0.15, 0.2) is 18.2 Å². The Bertz CT molecular complexity index is 524. The van der Waals surface area contributed by atoms with Crippen LogP contribution in [0.4, 0.5) is 5.69 Å². The van der Waals surface area contributed by atoms with Gasteiger partial charge in [0.25, 0.3) is 5.69 Å². The lowest BCUT2D eigenvalue weighted by Gasteiger charge is -2.30. The number of nitriles is 1. The highest BCUT2D eigenvalue weighted by molar-refractivity contribution is 5.50. The van der Waals surface area contributed by atoms with Crippen molar-refractivity contribution in [3.8, 4) is 11.8 Å². The van der Waals surface area contributed by atoms with E-state index in [0.29, 0.717) is 11.7 Å². The largest absolute Gasteiger partial charge is 0.487 e. The van der Waals surface area contributed by atoms with Gasteiger partial charge in [0.15, 0.2) is 0 Å². The monoisotopic (exact) mass is 261 g/mol. The highest BCUT2D eigenvalue weighted by Crippen LogP contribution is 2.26. The SMILES string of the molecule is CC1CCNCC1Oc1ccc([N+](=O)[O-])cc1C#N. The van der Waals surface area contributed by atoms with Gasteiger partial charge >= 0.3 is 0 Å². The minimum atomic E-state index is -0.518. The lowest BCUT2D eigenvalue weighted by molar-refractivity contribution is -0.384. The molecule has 0 aromatic heterocycles. The van der Waals surface area contributed by atoms with Crippen molar-refractivity contribution in [1.29, 1.82) is 5.26 Å². The van der Waals surface area contributed by atoms with Gasteiger partial charge in [-0.15, -0.1) is 0 Å². The first-order valence-electron chi connectivity index (χ1n) is 6.17. The van der Waals surface area contributed by atoms with E-state index in [2.05, 4.69) is 12.2 Å². The molecule has 2 rings (SSSR count). The van der Waals surface area contributed by atoms with Gasteiger partial charge < -0.3 is 10.1 Å². The van der Waals surface area contributed by atoms with Crippen LogP contribution >= 0.6 is 0 Å². The van der Waals surface area contributed by atoms with E-state index < -0.39 is 4.92 Å². The van der Waals surface area contributed by atoms with Crippen LogP contribution in [0.3, 0.4) is 0 Å². The molecule has 1 aromatic rings. The Labute approximate surface area is 111 Å². The van der Waals surface area contributed by atoms with Crippen LogP contribution in [0.2, 0.25) is 0 Å². The zero-order valence-electron chi connectivity index (χ0n) is 10.6. The van der Waals surface area contributed by atoms with E-state index in [1.165, 1.54) is 18.2 Å². The zero-order chi connectivity index (χ0) is 13.8. The highest BCUT2D eigenvalue weighted by atomic mass is 16.6. The van der Waals surface area contributed by atoms with Crippen molar-refractivity contribution in [2.24, 2.45) is 5.92 Å². The van der Waals surface area contributed by atoms with Crippen LogP contribution in [0.25, 0.3) is 0 Å². The smallest absolute Gasteiger partial charge is 0.271 e. The number of nitrogens with zero attached hydrogens (tertiary/aromatic N) is 2. The Balaban J connectivity index is 2.20. The van der Waals surface area contributed by atoms with Gasteiger partial charge in [-0.2, -0.15) is 5.26 Å². The van der Waals surface area contributed by atoms with E-state index in [9.17, 15) is 10.1 Å². The normalized spacial score (nSPS) is 22.5. The maximum atomic E-state index is 10.7. The fourth-order valence-electron chi connectivity index (χ4n) is 2.10. The Hall–Kier alpha value is -2.13. The highest BCUT2D eigenvalue weighted by Gasteiger charge is 2.24. The number of piperidine rings is 1. The van der Waals surface area contributed by atoms with E-state index in [1.807, 2.05) is 6.07 Å². The first kappa shape index (κ1) is 13.3. The molecule has 1 aromatic carbocycles. The molecule has 1 aliphatic rings. The summed E-state index contributed by atoms with van der Waals surface area (Å²) in [5.74, 6) is 0.802. The van der Waals surface area contributed by atoms with Crippen molar-refractivity contribution in [3.63, 3.8) is 0 Å². The van der Waals surface area contributed by atoms with E-state index in [1.54, 1.807) is 0 Å². The predicted molar refractivity (Wildman–Crippen MR) is 68.9 cm³/mol. The first-order chi connectivity index (χ1) is 9.11. The van der Waals surface area contributed by atoms with Crippen molar-refractivity contribution < 1.29 is 9.66 Å². The molecule has 6 nitrogen and oxygen atoms in total. The molecule has 1 heterocycles. The number of hydrogen-bond acceptors (Lipinski definition) is 5. The average Bonchev–Trinajstić information content (AvgIpc) is 2.41. The van der Waals surface area contributed by atoms with Crippen molar-refractivity contribution in [2.75, 3.05) is 13.1 Å². The molecular weight excluding hydrogens is 246 g/mol. The third-order valence-corrected chi connectivity index (χ3v) is 3.33. The van der Waals surface area contributed by atoms with Gasteiger partial charge in [0.05, 0.1) is 4.92 Å². The van der Waals surface area contributed by atoms with Gasteiger partial charge in [0, 0.05) is 18.7 Å². The van der Waals surface area contributed by atoms with Crippen LogP contribution in [0, 0.1) is 27.4 Å². The van der Waals surface area contributed by atoms with Crippen molar-refractivity contribution in [2.45, 2.75) is 19.4 Å². The van der Waals surface area contributed by atoms with Gasteiger partial charge in [-0.25, -0.2) is 0 Å². The van der Waals surface area contributed by atoms with E-state index in [-0.39, 0.29) is 17.4 Å². The summed E-state index contributed by atoms with van der Waals surface area (Å²) in [7, 11) is 0. The second kappa shape index (κ2) is 5.67. The second-order valence-corrected chi connectivity index (χ2v) is 4.68. The molecule has 1 saturated heterocycles. The Morgan fingerprint density at radius 1 is 1.58 bits per heavy atom. The Kier molecular flexibility index (Phi) is 3.97. The van der Waals surface area contributed by atoms with Gasteiger partial charge in [-0.05, 0) is 24.9 Å². The molecule has 0 amide bonds. The summed E-state index contributed by atoms with van der Waals surface area (Å²) in [6, 6.07) is 6.05. The second-order valence-electron chi connectivity index (χ2n) is 4.68. The van der Waals surface area contributed by atoms with Crippen molar-refractivity contribution >= 4 is 5.69 Å². The molecule has 0 saturated carbocycles. The lowest BCUT2D eigenvalue weighted by atomic mass is 9.97. The molecule has 2 unspecified atom stereocenters. The summed E-state index contributed by atoms with van der Waals surface area (Å²) in [6.07, 6.45) is 1.00. The van der Waals surface area contributed by atoms with Crippen LogP contribution in [-0.2, 0) is 0 Å². The summed E-state index contributed by atoms with van der Waals surface area (Å²) >= 11 is 0. The fraction of sp³-hybridized carbons (Fsp3) is 0.462. The van der Waals surface area contributed by atoms with E-state index in [4.69, 9.17) is 10.00 Å². The molecule has 0 bridgehead atoms. The quantitative estimate of drug-likeness (QED) is 0.662. The minimum Gasteiger partial charge on any atom is -0.487 e. The molecule has 19 heavy (non-hydrogen) atoms. The number of non-ortho nitro benzene ring substituents is 1. The summed E-state index contributed by atoms with van der Waals surface area (Å²) in [4.78, 5) is 10.1. The number of hydrogen-bond donors (Lipinski definition) is 1. The van der Waals surface area contributed by atoms with E-state index >= 15 is 0 Å². The maximum Gasteiger partial charge on any atom is 0.271 e. The third-order valence-electron chi connectivity index (χ3n) is 3.33. The molecule has 100 valence electrons. The van der Waals surface area contributed by atoms with Crippen molar-refractivity contribution in [1.82, 2.24) is 5.32 Å². The topological polar surface area (TPSA) is 88.2 Å². The molecule has 0 radical (unpaired) electrons. The van der Waals surface area contributed by atoms with E-state index in [0.717, 1.165) is 19.5 Å². The molecule has 0 spiro atoms. The minimum absolute atomic E-state index is 0.0118. The molecule has 0 aliphatic carbocycles. The molecule has 1 N–H and O–H groups in total. The summed E-state index contributed by atoms with van der Waals surface area (Å²) in [5, 5.41) is 23.0. The molecule has 1 aliphatic heterocycles. The fourth-order valence-corrected chi connectivity index (χ4v) is 2.10. The molecule has 2 atom stereocenters. The Morgan fingerprint density at radius 2 is 2.37 bits per heavy atom. The lowest BCUT2D eigenvalue weighted by Crippen LogP contribution is -2.42. The van der Waals surface area contributed by atoms with Crippen LogP contribution in [-0.4, -0.2) is 24.1 Å². The average molecular weight is 261 g/mol. The Morgan fingerprint density at radius 3 is 3.00 bits per heavy atom. The summed E-state index contributed by atoms with van der Waals surface area (Å²) in [5.41, 5.74) is 0.102. The van der Waals surface area contributed by atoms with Gasteiger partial charge in [0.1, 0.15) is 23.5 Å². The zero-order valence-corrected chi connectivity index (χ0v) is 10.6. The number of nitro groups is 1. The van der Waals surface area contributed by atoms with Gasteiger partial charge in [0.2, 0.25) is 0 Å². The third kappa shape index (κ3) is 3.01. The number of benzene rings is 1. The standard InChI is InChI=1S/C13H15N3O3/c1-9-4-5-15-8-13(9)19-12-3-2-11(16(17)18)6-10(12)7-14/h2-3,6,9,13,15H,4-5,8H2,1H3. The summed E-state index contributed by atoms with van der Waals surface area (Å²) in [6.45, 7) is 3.79. The predicted octanol–water partition coefficient (Wildman–Crippen LogP) is 1.84. The molecule has 1 fully saturated rings. The number of nitro benzene ring substituents is 1. The van der Waals surface area contributed by atoms with Crippen molar-refractivity contribution in [3.05, 3.63) is 33.9 Å². The van der Waals surface area contributed by atoms with Gasteiger partial charge in [-0.1, -0.05) is 6.92 Å². The molecule has 6 heteroatoms. The van der Waals surface area contributed by atoms with Crippen LogP contribution < -0.4 is 10.1 Å². The molecular formula is C13H15N3O3. The van der Waals surface area contributed by atoms with Crippen LogP contribution in [0.5, 0.6) is 5.75 Å². The van der Waals surface area contributed by atoms with Gasteiger partial charge in [-0.3, -0.25) is 10.1 Å². The summed E-state index contributed by atoms with van der Waals surface area (Å²) < 4.78 is 5.82. The first-order valence-corrected chi connectivity index (χ1v) is 6.17. The number of ether oxygens (including phenoxy) is 1. The number of rotatable bonds is 3. The maximum absolute atomic E-state index is 10.7.